The third-order valence-electron chi connectivity index (χ3n) is 2.69. The molecule has 2 rings (SSSR count). The van der Waals surface area contributed by atoms with Crippen LogP contribution in [0.15, 0.2) is 40.6 Å². The topological polar surface area (TPSA) is 75.3 Å². The van der Waals surface area contributed by atoms with Crippen molar-refractivity contribution in [2.75, 3.05) is 4.72 Å². The van der Waals surface area contributed by atoms with Gasteiger partial charge in [-0.15, -0.1) is 17.8 Å². The molecule has 1 aromatic heterocycles. The fourth-order valence-corrected chi connectivity index (χ4v) is 4.03. The van der Waals surface area contributed by atoms with Crippen LogP contribution in [0.3, 0.4) is 0 Å². The molecule has 22 heavy (non-hydrogen) atoms. The van der Waals surface area contributed by atoms with Crippen LogP contribution in [0, 0.1) is 12.3 Å². The van der Waals surface area contributed by atoms with E-state index in [0.29, 0.717) is 17.8 Å². The summed E-state index contributed by atoms with van der Waals surface area (Å²) < 4.78 is 27.3. The second kappa shape index (κ2) is 6.64. The minimum atomic E-state index is -3.67. The van der Waals surface area contributed by atoms with Crippen LogP contribution in [0.1, 0.15) is 17.4 Å². The normalized spacial score (nSPS) is 10.7. The van der Waals surface area contributed by atoms with Gasteiger partial charge in [0, 0.05) is 17.4 Å². The van der Waals surface area contributed by atoms with Gasteiger partial charge in [0.15, 0.2) is 0 Å². The number of carbonyl (C=O) groups excluding carboxylic acids is 1. The fourth-order valence-electron chi connectivity index (χ4n) is 1.69. The van der Waals surface area contributed by atoms with E-state index in [-0.39, 0.29) is 10.1 Å². The Labute approximate surface area is 133 Å². The Bertz CT molecular complexity index is 832. The monoisotopic (exact) mass is 334 g/mol. The first-order valence-corrected chi connectivity index (χ1v) is 8.63. The summed E-state index contributed by atoms with van der Waals surface area (Å²) in [6.45, 7) is 1.72. The lowest BCUT2D eigenvalue weighted by atomic mass is 10.2. The molecule has 0 aliphatic heterocycles. The summed E-state index contributed by atoms with van der Waals surface area (Å²) in [4.78, 5) is 11.6. The molecule has 1 heterocycles. The van der Waals surface area contributed by atoms with Crippen LogP contribution in [0.5, 0.6) is 0 Å². The summed E-state index contributed by atoms with van der Waals surface area (Å²) in [6.07, 6.45) is 5.30. The van der Waals surface area contributed by atoms with Crippen molar-refractivity contribution in [1.29, 1.82) is 0 Å². The van der Waals surface area contributed by atoms with E-state index in [0.717, 1.165) is 16.2 Å². The standard InChI is InChI=1S/C15H14N2O3S2/c1-3-12-5-4-6-13(9-12)17-22(19,20)15-8-7-14(21-15)10-16-11(2)18/h1,4-9,17H,10H2,2H3,(H,16,18). The van der Waals surface area contributed by atoms with Gasteiger partial charge >= 0.3 is 0 Å². The van der Waals surface area contributed by atoms with Gasteiger partial charge in [-0.05, 0) is 30.3 Å². The Balaban J connectivity index is 2.16. The summed E-state index contributed by atoms with van der Waals surface area (Å²) in [6, 6.07) is 9.80. The smallest absolute Gasteiger partial charge is 0.271 e. The Morgan fingerprint density at radius 3 is 2.77 bits per heavy atom. The summed E-state index contributed by atoms with van der Waals surface area (Å²) in [5.41, 5.74) is 1.00. The Morgan fingerprint density at radius 1 is 1.32 bits per heavy atom. The quantitative estimate of drug-likeness (QED) is 0.823. The lowest BCUT2D eigenvalue weighted by Gasteiger charge is -2.06. The summed E-state index contributed by atoms with van der Waals surface area (Å²) in [5.74, 6) is 2.29. The minimum Gasteiger partial charge on any atom is -0.351 e. The van der Waals surface area contributed by atoms with E-state index in [1.54, 1.807) is 30.3 Å². The number of hydrogen-bond acceptors (Lipinski definition) is 4. The van der Waals surface area contributed by atoms with Crippen LogP contribution in [-0.2, 0) is 21.4 Å². The zero-order valence-electron chi connectivity index (χ0n) is 11.8. The van der Waals surface area contributed by atoms with Crippen molar-refractivity contribution in [1.82, 2.24) is 5.32 Å². The molecule has 114 valence electrons. The number of anilines is 1. The number of thiophene rings is 1. The van der Waals surface area contributed by atoms with Gasteiger partial charge in [-0.3, -0.25) is 9.52 Å². The average Bonchev–Trinajstić information content (AvgIpc) is 2.94. The highest BCUT2D eigenvalue weighted by molar-refractivity contribution is 7.94. The van der Waals surface area contributed by atoms with E-state index in [2.05, 4.69) is 16.0 Å². The van der Waals surface area contributed by atoms with E-state index in [9.17, 15) is 13.2 Å². The zero-order chi connectivity index (χ0) is 16.2. The Hall–Kier alpha value is -2.30. The molecule has 0 fully saturated rings. The number of nitrogens with one attached hydrogen (secondary N) is 2. The van der Waals surface area contributed by atoms with Crippen molar-refractivity contribution in [2.24, 2.45) is 0 Å². The third kappa shape index (κ3) is 4.10. The number of terminal acetylenes is 1. The Morgan fingerprint density at radius 2 is 2.09 bits per heavy atom. The number of benzene rings is 1. The lowest BCUT2D eigenvalue weighted by Crippen LogP contribution is -2.18. The van der Waals surface area contributed by atoms with Gasteiger partial charge in [-0.1, -0.05) is 12.0 Å². The average molecular weight is 334 g/mol. The van der Waals surface area contributed by atoms with Crippen LogP contribution >= 0.6 is 11.3 Å². The van der Waals surface area contributed by atoms with E-state index in [1.807, 2.05) is 0 Å². The van der Waals surface area contributed by atoms with Crippen molar-refractivity contribution in [2.45, 2.75) is 17.7 Å². The largest absolute Gasteiger partial charge is 0.351 e. The van der Waals surface area contributed by atoms with Crippen molar-refractivity contribution in [3.63, 3.8) is 0 Å². The molecule has 2 N–H and O–H groups in total. The fraction of sp³-hybridized carbons (Fsp3) is 0.133. The van der Waals surface area contributed by atoms with Gasteiger partial charge in [0.2, 0.25) is 5.91 Å². The molecule has 0 saturated heterocycles. The molecule has 1 amide bonds. The third-order valence-corrected chi connectivity index (χ3v) is 5.65. The molecule has 0 aliphatic carbocycles. The first-order chi connectivity index (χ1) is 10.4. The highest BCUT2D eigenvalue weighted by atomic mass is 32.2. The second-order valence-corrected chi connectivity index (χ2v) is 7.54. The minimum absolute atomic E-state index is 0.165. The first-order valence-electron chi connectivity index (χ1n) is 6.33. The van der Waals surface area contributed by atoms with Crippen molar-refractivity contribution >= 4 is 33.0 Å². The molecule has 0 unspecified atom stereocenters. The van der Waals surface area contributed by atoms with Gasteiger partial charge in [-0.2, -0.15) is 0 Å². The van der Waals surface area contributed by atoms with Crippen molar-refractivity contribution in [3.05, 3.63) is 46.8 Å². The summed E-state index contributed by atoms with van der Waals surface area (Å²) in [7, 11) is -3.67. The van der Waals surface area contributed by atoms with Crippen LogP contribution in [-0.4, -0.2) is 14.3 Å². The van der Waals surface area contributed by atoms with E-state index in [4.69, 9.17) is 6.42 Å². The van der Waals surface area contributed by atoms with Gasteiger partial charge in [0.05, 0.1) is 12.2 Å². The van der Waals surface area contributed by atoms with Gasteiger partial charge in [-0.25, -0.2) is 8.42 Å². The lowest BCUT2D eigenvalue weighted by molar-refractivity contribution is -0.119. The van der Waals surface area contributed by atoms with Gasteiger partial charge in [0.1, 0.15) is 4.21 Å². The van der Waals surface area contributed by atoms with Crippen LogP contribution in [0.4, 0.5) is 5.69 Å². The van der Waals surface area contributed by atoms with E-state index in [1.165, 1.54) is 13.0 Å². The number of carbonyl (C=O) groups is 1. The van der Waals surface area contributed by atoms with Crippen LogP contribution in [0.25, 0.3) is 0 Å². The number of sulfonamides is 1. The number of rotatable bonds is 5. The molecule has 0 aliphatic rings. The maximum atomic E-state index is 12.3. The first kappa shape index (κ1) is 16.1. The van der Waals surface area contributed by atoms with Gasteiger partial charge in [0.25, 0.3) is 10.0 Å². The second-order valence-electron chi connectivity index (χ2n) is 4.46. The van der Waals surface area contributed by atoms with Crippen molar-refractivity contribution in [3.8, 4) is 12.3 Å². The molecule has 0 spiro atoms. The predicted molar refractivity (Wildman–Crippen MR) is 87.0 cm³/mol. The highest BCUT2D eigenvalue weighted by Crippen LogP contribution is 2.24. The summed E-state index contributed by atoms with van der Waals surface area (Å²) in [5, 5.41) is 2.63. The zero-order valence-corrected chi connectivity index (χ0v) is 13.4. The van der Waals surface area contributed by atoms with Gasteiger partial charge < -0.3 is 5.32 Å². The Kier molecular flexibility index (Phi) is 4.85. The van der Waals surface area contributed by atoms with Crippen molar-refractivity contribution < 1.29 is 13.2 Å². The molecule has 7 heteroatoms. The van der Waals surface area contributed by atoms with Crippen LogP contribution in [0.2, 0.25) is 0 Å². The molecule has 2 aromatic rings. The molecule has 5 nitrogen and oxygen atoms in total. The number of hydrogen-bond donors (Lipinski definition) is 2. The maximum absolute atomic E-state index is 12.3. The van der Waals surface area contributed by atoms with E-state index < -0.39 is 10.0 Å². The molecule has 0 atom stereocenters. The molecule has 0 radical (unpaired) electrons. The molecule has 0 bridgehead atoms. The maximum Gasteiger partial charge on any atom is 0.271 e. The summed E-state index contributed by atoms with van der Waals surface area (Å²) >= 11 is 1.11. The van der Waals surface area contributed by atoms with Crippen LogP contribution < -0.4 is 10.0 Å². The molecule has 1 aromatic carbocycles. The molecule has 0 saturated carbocycles. The molecular formula is C15H14N2O3S2. The SMILES string of the molecule is C#Cc1cccc(NS(=O)(=O)c2ccc(CNC(C)=O)s2)c1. The predicted octanol–water partition coefficient (Wildman–Crippen LogP) is 2.17. The number of amides is 1. The van der Waals surface area contributed by atoms with E-state index >= 15 is 0 Å². The molecular weight excluding hydrogens is 320 g/mol. The highest BCUT2D eigenvalue weighted by Gasteiger charge is 2.17.